The molecule has 1 aromatic rings. The summed E-state index contributed by atoms with van der Waals surface area (Å²) in [4.78, 5) is 52.2. The van der Waals surface area contributed by atoms with E-state index in [0.717, 1.165) is 15.8 Å². The molecule has 4 rings (SSSR count). The molecule has 5 atom stereocenters. The molecule has 164 valence electrons. The number of imide groups is 1. The summed E-state index contributed by atoms with van der Waals surface area (Å²) in [7, 11) is 0. The van der Waals surface area contributed by atoms with Crippen molar-refractivity contribution < 1.29 is 23.9 Å². The number of carbonyl (C=O) groups is 4. The van der Waals surface area contributed by atoms with Crippen LogP contribution in [-0.2, 0) is 23.9 Å². The fourth-order valence-corrected chi connectivity index (χ4v) is 5.60. The van der Waals surface area contributed by atoms with E-state index in [4.69, 9.17) is 16.3 Å². The third-order valence-electron chi connectivity index (χ3n) is 6.21. The van der Waals surface area contributed by atoms with E-state index in [9.17, 15) is 19.2 Å². The van der Waals surface area contributed by atoms with E-state index in [1.807, 2.05) is 12.2 Å². The summed E-state index contributed by atoms with van der Waals surface area (Å²) < 4.78 is 5.96. The van der Waals surface area contributed by atoms with Gasteiger partial charge in [-0.1, -0.05) is 53.5 Å². The van der Waals surface area contributed by atoms with Gasteiger partial charge in [0, 0.05) is 4.47 Å². The first-order valence-corrected chi connectivity index (χ1v) is 11.3. The summed E-state index contributed by atoms with van der Waals surface area (Å²) in [6.07, 6.45) is 4.82. The Kier molecular flexibility index (Phi) is 5.96. The van der Waals surface area contributed by atoms with Crippen LogP contribution in [0.3, 0.4) is 0 Å². The van der Waals surface area contributed by atoms with Gasteiger partial charge in [-0.15, -0.1) is 0 Å². The molecule has 31 heavy (non-hydrogen) atoms. The van der Waals surface area contributed by atoms with E-state index in [1.165, 1.54) is 0 Å². The van der Waals surface area contributed by atoms with E-state index >= 15 is 0 Å². The third kappa shape index (κ3) is 3.91. The molecule has 1 heterocycles. The number of esters is 1. The van der Waals surface area contributed by atoms with Gasteiger partial charge in [-0.3, -0.25) is 19.3 Å². The minimum atomic E-state index is -1.06. The van der Waals surface area contributed by atoms with Gasteiger partial charge in [0.15, 0.2) is 6.61 Å². The average Bonchev–Trinajstić information content (AvgIpc) is 3.38. The van der Waals surface area contributed by atoms with Crippen LogP contribution in [-0.4, -0.2) is 41.2 Å². The molecule has 2 aliphatic carbocycles. The van der Waals surface area contributed by atoms with E-state index in [2.05, 4.69) is 21.2 Å². The maximum absolute atomic E-state index is 13.0. The molecule has 1 N–H and O–H groups in total. The molecule has 0 aromatic heterocycles. The minimum absolute atomic E-state index is 0.0571. The molecule has 0 spiro atoms. The van der Waals surface area contributed by atoms with Crippen LogP contribution >= 0.6 is 27.5 Å². The maximum Gasteiger partial charge on any atom is 0.330 e. The van der Waals surface area contributed by atoms with E-state index < -0.39 is 24.5 Å². The maximum atomic E-state index is 13.0. The second kappa shape index (κ2) is 8.39. The highest BCUT2D eigenvalue weighted by molar-refractivity contribution is 9.10. The summed E-state index contributed by atoms with van der Waals surface area (Å²) in [5.41, 5.74) is 0.382. The van der Waals surface area contributed by atoms with Crippen LogP contribution in [0.5, 0.6) is 0 Å². The highest BCUT2D eigenvalue weighted by Gasteiger charge is 2.61. The van der Waals surface area contributed by atoms with Crippen molar-refractivity contribution >= 4 is 56.9 Å². The van der Waals surface area contributed by atoms with Crippen molar-refractivity contribution in [3.8, 4) is 0 Å². The summed E-state index contributed by atoms with van der Waals surface area (Å²) in [6, 6.07) is 3.90. The Hall–Kier alpha value is -2.19. The lowest BCUT2D eigenvalue weighted by Crippen LogP contribution is -2.50. The van der Waals surface area contributed by atoms with Crippen molar-refractivity contribution in [1.29, 1.82) is 0 Å². The minimum Gasteiger partial charge on any atom is -0.454 e. The highest BCUT2D eigenvalue weighted by Crippen LogP contribution is 2.53. The highest BCUT2D eigenvalue weighted by atomic mass is 79.9. The SMILES string of the molecule is CC(C)[C@H](C(=O)OCC(=O)Nc1ccc(Br)cc1Cl)N1C(=O)[C@H]2[C@H](C1=O)[C@H]1C=C[C@H]2C1. The van der Waals surface area contributed by atoms with Gasteiger partial charge in [0.05, 0.1) is 22.5 Å². The number of hydrogen-bond donors (Lipinski definition) is 1. The van der Waals surface area contributed by atoms with Gasteiger partial charge in [-0.25, -0.2) is 4.79 Å². The second-order valence-electron chi connectivity index (χ2n) is 8.52. The Morgan fingerprint density at radius 2 is 1.81 bits per heavy atom. The zero-order valence-electron chi connectivity index (χ0n) is 17.0. The molecule has 7 nitrogen and oxygen atoms in total. The molecule has 0 radical (unpaired) electrons. The van der Waals surface area contributed by atoms with Crippen molar-refractivity contribution in [1.82, 2.24) is 4.90 Å². The van der Waals surface area contributed by atoms with Crippen LogP contribution < -0.4 is 5.32 Å². The Morgan fingerprint density at radius 3 is 2.35 bits per heavy atom. The lowest BCUT2D eigenvalue weighted by Gasteiger charge is -2.28. The molecule has 1 aromatic carbocycles. The number of benzene rings is 1. The number of nitrogens with one attached hydrogen (secondary N) is 1. The molecular weight excluding hydrogens is 488 g/mol. The third-order valence-corrected chi connectivity index (χ3v) is 7.01. The number of carbonyl (C=O) groups excluding carboxylic acids is 4. The fraction of sp³-hybridized carbons (Fsp3) is 0.455. The number of halogens is 2. The zero-order valence-corrected chi connectivity index (χ0v) is 19.4. The van der Waals surface area contributed by atoms with E-state index in [1.54, 1.807) is 32.0 Å². The largest absolute Gasteiger partial charge is 0.454 e. The molecule has 2 fully saturated rings. The van der Waals surface area contributed by atoms with Crippen LogP contribution in [0.2, 0.25) is 5.02 Å². The smallest absolute Gasteiger partial charge is 0.330 e. The molecule has 3 amide bonds. The van der Waals surface area contributed by atoms with Gasteiger partial charge in [0.2, 0.25) is 11.8 Å². The first-order chi connectivity index (χ1) is 14.7. The number of anilines is 1. The van der Waals surface area contributed by atoms with Gasteiger partial charge in [0.25, 0.3) is 5.91 Å². The second-order valence-corrected chi connectivity index (χ2v) is 9.84. The number of amides is 3. The number of nitrogens with zero attached hydrogens (tertiary/aromatic N) is 1. The molecule has 9 heteroatoms. The van der Waals surface area contributed by atoms with Crippen LogP contribution in [0.15, 0.2) is 34.8 Å². The number of rotatable bonds is 6. The van der Waals surface area contributed by atoms with Gasteiger partial charge in [-0.2, -0.15) is 0 Å². The fourth-order valence-electron chi connectivity index (χ4n) is 4.87. The number of likely N-dealkylation sites (tertiary alicyclic amines) is 1. The van der Waals surface area contributed by atoms with Crippen LogP contribution in [0, 0.1) is 29.6 Å². The van der Waals surface area contributed by atoms with E-state index in [0.29, 0.717) is 10.7 Å². The molecule has 1 saturated carbocycles. The van der Waals surface area contributed by atoms with Crippen LogP contribution in [0.25, 0.3) is 0 Å². The summed E-state index contributed by atoms with van der Waals surface area (Å²) >= 11 is 9.36. The summed E-state index contributed by atoms with van der Waals surface area (Å²) in [5, 5.41) is 2.91. The van der Waals surface area contributed by atoms with Gasteiger partial charge in [0.1, 0.15) is 6.04 Å². The van der Waals surface area contributed by atoms with Gasteiger partial charge >= 0.3 is 5.97 Å². The van der Waals surface area contributed by atoms with Crippen molar-refractivity contribution in [3.63, 3.8) is 0 Å². The van der Waals surface area contributed by atoms with Crippen LogP contribution in [0.1, 0.15) is 20.3 Å². The number of allylic oxidation sites excluding steroid dienone is 2. The molecule has 1 saturated heterocycles. The first kappa shape index (κ1) is 22.0. The molecule has 2 bridgehead atoms. The Balaban J connectivity index is 1.42. The van der Waals surface area contributed by atoms with Gasteiger partial charge in [-0.05, 0) is 42.4 Å². The van der Waals surface area contributed by atoms with Gasteiger partial charge < -0.3 is 10.1 Å². The number of hydrogen-bond acceptors (Lipinski definition) is 5. The molecule has 1 aliphatic heterocycles. The van der Waals surface area contributed by atoms with Crippen molar-refractivity contribution in [2.24, 2.45) is 29.6 Å². The monoisotopic (exact) mass is 508 g/mol. The lowest BCUT2D eigenvalue weighted by atomic mass is 9.85. The van der Waals surface area contributed by atoms with E-state index in [-0.39, 0.29) is 41.4 Å². The lowest BCUT2D eigenvalue weighted by molar-refractivity contribution is -0.162. The quantitative estimate of drug-likeness (QED) is 0.360. The van der Waals surface area contributed by atoms with Crippen molar-refractivity contribution in [2.75, 3.05) is 11.9 Å². The van der Waals surface area contributed by atoms with Crippen molar-refractivity contribution in [3.05, 3.63) is 39.8 Å². The first-order valence-electron chi connectivity index (χ1n) is 10.2. The predicted octanol–water partition coefficient (Wildman–Crippen LogP) is 3.42. The van der Waals surface area contributed by atoms with Crippen molar-refractivity contribution in [2.45, 2.75) is 26.3 Å². The number of fused-ring (bicyclic) bond motifs is 5. The topological polar surface area (TPSA) is 92.8 Å². The zero-order chi connectivity index (χ0) is 22.4. The number of ether oxygens (including phenoxy) is 1. The average molecular weight is 510 g/mol. The standard InChI is InChI=1S/C22H22BrClN2O5/c1-10(2)19(26-20(28)17-11-3-4-12(7-11)18(17)21(26)29)22(30)31-9-16(27)25-15-6-5-13(23)8-14(15)24/h3-6,8,10-12,17-19H,7,9H2,1-2H3,(H,25,27)/t11-,12-,17+,18+,19+/m0/s1. The molecule has 3 aliphatic rings. The molecule has 0 unspecified atom stereocenters. The predicted molar refractivity (Wildman–Crippen MR) is 117 cm³/mol. The normalized spacial score (nSPS) is 27.1. The summed E-state index contributed by atoms with van der Waals surface area (Å²) in [5.74, 6) is -2.98. The van der Waals surface area contributed by atoms with Crippen LogP contribution in [0.4, 0.5) is 5.69 Å². The Bertz CT molecular complexity index is 964. The Labute approximate surface area is 193 Å². The summed E-state index contributed by atoms with van der Waals surface area (Å²) in [6.45, 7) is 2.94. The molecular formula is C22H22BrClN2O5. The Morgan fingerprint density at radius 1 is 1.19 bits per heavy atom.